The number of hydrogen-bond donors (Lipinski definition) is 1. The van der Waals surface area contributed by atoms with E-state index >= 15 is 0 Å². The van der Waals surface area contributed by atoms with Crippen molar-refractivity contribution in [2.45, 2.75) is 26.4 Å². The molecule has 0 aliphatic rings. The zero-order chi connectivity index (χ0) is 17.1. The average molecular weight is 387 g/mol. The van der Waals surface area contributed by atoms with Gasteiger partial charge in [-0.2, -0.15) is 5.10 Å². The molecule has 124 valence electrons. The molecule has 2 heterocycles. The third-order valence-electron chi connectivity index (χ3n) is 3.95. The van der Waals surface area contributed by atoms with Gasteiger partial charge in [-0.25, -0.2) is 0 Å². The summed E-state index contributed by atoms with van der Waals surface area (Å²) in [5.41, 5.74) is 2.69. The Kier molecular flexibility index (Phi) is 4.85. The van der Waals surface area contributed by atoms with Crippen molar-refractivity contribution in [3.63, 3.8) is 0 Å². The van der Waals surface area contributed by atoms with Crippen LogP contribution in [0.25, 0.3) is 5.69 Å². The summed E-state index contributed by atoms with van der Waals surface area (Å²) >= 11 is 3.39. The van der Waals surface area contributed by atoms with E-state index in [0.717, 1.165) is 11.3 Å². The van der Waals surface area contributed by atoms with Crippen molar-refractivity contribution in [3.8, 4) is 5.69 Å². The van der Waals surface area contributed by atoms with Gasteiger partial charge in [-0.3, -0.25) is 9.48 Å². The van der Waals surface area contributed by atoms with E-state index in [1.165, 1.54) is 0 Å². The highest BCUT2D eigenvalue weighted by Gasteiger charge is 2.18. The van der Waals surface area contributed by atoms with Crippen LogP contribution in [-0.2, 0) is 6.54 Å². The van der Waals surface area contributed by atoms with Crippen LogP contribution >= 0.6 is 15.9 Å². The van der Waals surface area contributed by atoms with E-state index in [4.69, 9.17) is 0 Å². The van der Waals surface area contributed by atoms with Crippen molar-refractivity contribution < 1.29 is 4.79 Å². The fraction of sp³-hybridized carbons (Fsp3) is 0.222. The molecule has 1 N–H and O–H groups in total. The predicted molar refractivity (Wildman–Crippen MR) is 97.3 cm³/mol. The maximum atomic E-state index is 12.5. The number of benzene rings is 1. The molecule has 24 heavy (non-hydrogen) atoms. The van der Waals surface area contributed by atoms with Gasteiger partial charge in [0.25, 0.3) is 5.91 Å². The highest BCUT2D eigenvalue weighted by Crippen LogP contribution is 2.19. The number of nitrogens with one attached hydrogen (secondary N) is 1. The van der Waals surface area contributed by atoms with E-state index in [0.29, 0.717) is 16.7 Å². The average Bonchev–Trinajstić information content (AvgIpc) is 3.24. The van der Waals surface area contributed by atoms with Crippen LogP contribution in [0.2, 0.25) is 0 Å². The van der Waals surface area contributed by atoms with Crippen LogP contribution in [0.5, 0.6) is 0 Å². The summed E-state index contributed by atoms with van der Waals surface area (Å²) in [6, 6.07) is 12.0. The van der Waals surface area contributed by atoms with Crippen LogP contribution in [0.3, 0.4) is 0 Å². The van der Waals surface area contributed by atoms with Gasteiger partial charge in [0.05, 0.1) is 16.7 Å². The standard InChI is InChI=1S/C18H19BrN4O/c1-3-23-17(16(19)12-20-23)18(24)21-13(2)14-6-8-15(9-7-14)22-10-4-5-11-22/h4-13H,3H2,1-2H3,(H,21,24). The van der Waals surface area contributed by atoms with Crippen molar-refractivity contribution in [3.05, 3.63) is 70.7 Å². The van der Waals surface area contributed by atoms with Gasteiger partial charge in [0.1, 0.15) is 5.69 Å². The maximum Gasteiger partial charge on any atom is 0.271 e. The summed E-state index contributed by atoms with van der Waals surface area (Å²) < 4.78 is 4.43. The molecule has 1 unspecified atom stereocenters. The molecule has 1 atom stereocenters. The molecule has 0 aliphatic carbocycles. The minimum absolute atomic E-state index is 0.0941. The first-order valence-corrected chi connectivity index (χ1v) is 8.65. The Balaban J connectivity index is 1.73. The second kappa shape index (κ2) is 7.05. The van der Waals surface area contributed by atoms with Crippen molar-refractivity contribution >= 4 is 21.8 Å². The quantitative estimate of drug-likeness (QED) is 0.721. The second-order valence-electron chi connectivity index (χ2n) is 5.53. The summed E-state index contributed by atoms with van der Waals surface area (Å²) in [6.07, 6.45) is 5.65. The molecule has 3 rings (SSSR count). The van der Waals surface area contributed by atoms with Crippen LogP contribution in [0.4, 0.5) is 0 Å². The Bertz CT molecular complexity index is 821. The number of aryl methyl sites for hydroxylation is 1. The molecule has 0 bridgehead atoms. The van der Waals surface area contributed by atoms with Crippen molar-refractivity contribution in [1.82, 2.24) is 19.7 Å². The molecule has 0 radical (unpaired) electrons. The lowest BCUT2D eigenvalue weighted by atomic mass is 10.1. The van der Waals surface area contributed by atoms with Gasteiger partial charge in [0.2, 0.25) is 0 Å². The normalized spacial score (nSPS) is 12.1. The van der Waals surface area contributed by atoms with E-state index in [1.807, 2.05) is 67.2 Å². The summed E-state index contributed by atoms with van der Waals surface area (Å²) in [4.78, 5) is 12.5. The lowest BCUT2D eigenvalue weighted by molar-refractivity contribution is 0.0928. The van der Waals surface area contributed by atoms with E-state index in [9.17, 15) is 4.79 Å². The molecule has 0 spiro atoms. The van der Waals surface area contributed by atoms with Gasteiger partial charge in [0.15, 0.2) is 0 Å². The van der Waals surface area contributed by atoms with E-state index < -0.39 is 0 Å². The third kappa shape index (κ3) is 3.28. The van der Waals surface area contributed by atoms with Crippen LogP contribution in [0, 0.1) is 0 Å². The largest absolute Gasteiger partial charge is 0.344 e. The highest BCUT2D eigenvalue weighted by atomic mass is 79.9. The van der Waals surface area contributed by atoms with Crippen molar-refractivity contribution in [2.24, 2.45) is 0 Å². The van der Waals surface area contributed by atoms with Crippen LogP contribution < -0.4 is 5.32 Å². The number of halogens is 1. The van der Waals surface area contributed by atoms with E-state index in [1.54, 1.807) is 10.9 Å². The molecule has 0 saturated carbocycles. The SMILES string of the molecule is CCn1ncc(Br)c1C(=O)NC(C)c1ccc(-n2cccc2)cc1. The lowest BCUT2D eigenvalue weighted by Crippen LogP contribution is -2.29. The summed E-state index contributed by atoms with van der Waals surface area (Å²) in [5, 5.41) is 7.21. The first kappa shape index (κ1) is 16.5. The number of aromatic nitrogens is 3. The molecular formula is C18H19BrN4O. The number of rotatable bonds is 5. The number of carbonyl (C=O) groups excluding carboxylic acids is 1. The van der Waals surface area contributed by atoms with E-state index in [-0.39, 0.29) is 11.9 Å². The maximum absolute atomic E-state index is 12.5. The van der Waals surface area contributed by atoms with Crippen LogP contribution in [0.15, 0.2) is 59.5 Å². The monoisotopic (exact) mass is 386 g/mol. The fourth-order valence-corrected chi connectivity index (χ4v) is 3.09. The number of carbonyl (C=O) groups is 1. The molecule has 5 nitrogen and oxygen atoms in total. The molecule has 0 fully saturated rings. The minimum atomic E-state index is -0.136. The molecule has 3 aromatic rings. The van der Waals surface area contributed by atoms with Crippen LogP contribution in [0.1, 0.15) is 35.9 Å². The zero-order valence-electron chi connectivity index (χ0n) is 13.6. The number of hydrogen-bond acceptors (Lipinski definition) is 2. The van der Waals surface area contributed by atoms with Gasteiger partial charge in [-0.15, -0.1) is 0 Å². The van der Waals surface area contributed by atoms with Crippen molar-refractivity contribution in [2.75, 3.05) is 0 Å². The Morgan fingerprint density at radius 1 is 1.25 bits per heavy atom. The highest BCUT2D eigenvalue weighted by molar-refractivity contribution is 9.10. The molecule has 1 aromatic carbocycles. The first-order chi connectivity index (χ1) is 11.6. The van der Waals surface area contributed by atoms with E-state index in [2.05, 4.69) is 26.3 Å². The first-order valence-electron chi connectivity index (χ1n) is 7.85. The smallest absolute Gasteiger partial charge is 0.271 e. The molecule has 2 aromatic heterocycles. The lowest BCUT2D eigenvalue weighted by Gasteiger charge is -2.16. The summed E-state index contributed by atoms with van der Waals surface area (Å²) in [6.45, 7) is 4.58. The topological polar surface area (TPSA) is 51.9 Å². The molecule has 6 heteroatoms. The van der Waals surface area contributed by atoms with Crippen LogP contribution in [-0.4, -0.2) is 20.3 Å². The Hall–Kier alpha value is -2.34. The zero-order valence-corrected chi connectivity index (χ0v) is 15.2. The molecule has 0 aliphatic heterocycles. The van der Waals surface area contributed by atoms with Gasteiger partial charge >= 0.3 is 0 Å². The molecular weight excluding hydrogens is 368 g/mol. The van der Waals surface area contributed by atoms with Gasteiger partial charge in [0, 0.05) is 24.6 Å². The Labute approximate surface area is 149 Å². The summed E-state index contributed by atoms with van der Waals surface area (Å²) in [5.74, 6) is -0.136. The molecule has 0 saturated heterocycles. The van der Waals surface area contributed by atoms with Gasteiger partial charge < -0.3 is 9.88 Å². The third-order valence-corrected chi connectivity index (χ3v) is 4.53. The van der Waals surface area contributed by atoms with Crippen molar-refractivity contribution in [1.29, 1.82) is 0 Å². The predicted octanol–water partition coefficient (Wildman–Crippen LogP) is 3.95. The molecule has 1 amide bonds. The van der Waals surface area contributed by atoms with Gasteiger partial charge in [-0.1, -0.05) is 12.1 Å². The summed E-state index contributed by atoms with van der Waals surface area (Å²) in [7, 11) is 0. The number of amides is 1. The second-order valence-corrected chi connectivity index (χ2v) is 6.39. The fourth-order valence-electron chi connectivity index (χ4n) is 2.62. The van der Waals surface area contributed by atoms with Gasteiger partial charge in [-0.05, 0) is 59.6 Å². The number of nitrogens with zero attached hydrogens (tertiary/aromatic N) is 3. The Morgan fingerprint density at radius 2 is 1.92 bits per heavy atom. The minimum Gasteiger partial charge on any atom is -0.344 e. The Morgan fingerprint density at radius 3 is 2.54 bits per heavy atom.